The molecule has 1 aromatic rings. The molecule has 0 aromatic carbocycles. The fraction of sp³-hybridized carbons (Fsp3) is 0.727. The molecule has 1 saturated heterocycles. The molecule has 0 amide bonds. The fourth-order valence-corrected chi connectivity index (χ4v) is 2.46. The van der Waals surface area contributed by atoms with Crippen LogP contribution in [0, 0.1) is 6.92 Å². The predicted octanol–water partition coefficient (Wildman–Crippen LogP) is 1.12. The molecule has 0 bridgehead atoms. The Hall–Kier alpha value is -1.03. The normalized spacial score (nSPS) is 19.7. The van der Waals surface area contributed by atoms with E-state index in [-0.39, 0.29) is 0 Å². The minimum absolute atomic E-state index is 0.590. The maximum absolute atomic E-state index is 6.07. The van der Waals surface area contributed by atoms with Gasteiger partial charge in [0.1, 0.15) is 0 Å². The van der Waals surface area contributed by atoms with Crippen LogP contribution < -0.4 is 5.73 Å². The molecule has 1 aromatic heterocycles. The molecule has 15 heavy (non-hydrogen) atoms. The molecule has 1 aliphatic rings. The number of nitrogens with zero attached hydrogens (tertiary/aromatic N) is 3. The first-order chi connectivity index (χ1) is 7.09. The molecule has 0 radical (unpaired) electrons. The van der Waals surface area contributed by atoms with Crippen molar-refractivity contribution >= 4 is 5.69 Å². The Kier molecular flexibility index (Phi) is 2.69. The van der Waals surface area contributed by atoms with Crippen molar-refractivity contribution in [1.29, 1.82) is 0 Å². The molecule has 84 valence electrons. The molecule has 0 saturated carbocycles. The molecular formula is C11H20N4. The first-order valence-corrected chi connectivity index (χ1v) is 5.57. The standard InChI is InChI=1S/C11H20N4/c1-8-10(12)11(15(3)13-8)9-4-6-14(2)7-5-9/h9H,4-7,12H2,1-3H3. The smallest absolute Gasteiger partial charge is 0.0825 e. The van der Waals surface area contributed by atoms with E-state index in [0.29, 0.717) is 5.92 Å². The van der Waals surface area contributed by atoms with E-state index in [4.69, 9.17) is 5.73 Å². The Morgan fingerprint density at radius 3 is 2.33 bits per heavy atom. The minimum Gasteiger partial charge on any atom is -0.396 e. The molecule has 4 nitrogen and oxygen atoms in total. The van der Waals surface area contributed by atoms with Gasteiger partial charge in [-0.15, -0.1) is 0 Å². The van der Waals surface area contributed by atoms with Gasteiger partial charge in [-0.1, -0.05) is 0 Å². The van der Waals surface area contributed by atoms with E-state index >= 15 is 0 Å². The highest BCUT2D eigenvalue weighted by molar-refractivity contribution is 5.49. The van der Waals surface area contributed by atoms with E-state index in [0.717, 1.165) is 24.5 Å². The van der Waals surface area contributed by atoms with E-state index in [9.17, 15) is 0 Å². The van der Waals surface area contributed by atoms with Crippen molar-refractivity contribution in [2.45, 2.75) is 25.7 Å². The Morgan fingerprint density at radius 1 is 1.27 bits per heavy atom. The number of hydrogen-bond acceptors (Lipinski definition) is 3. The van der Waals surface area contributed by atoms with E-state index < -0.39 is 0 Å². The molecule has 0 unspecified atom stereocenters. The molecule has 2 rings (SSSR count). The summed E-state index contributed by atoms with van der Waals surface area (Å²) >= 11 is 0. The maximum Gasteiger partial charge on any atom is 0.0825 e. The van der Waals surface area contributed by atoms with Gasteiger partial charge in [0.15, 0.2) is 0 Å². The third-order valence-electron chi connectivity index (χ3n) is 3.42. The highest BCUT2D eigenvalue weighted by atomic mass is 15.3. The number of rotatable bonds is 1. The van der Waals surface area contributed by atoms with E-state index in [1.807, 2.05) is 18.7 Å². The Bertz CT molecular complexity index is 348. The second-order valence-corrected chi connectivity index (χ2v) is 4.59. The van der Waals surface area contributed by atoms with Gasteiger partial charge >= 0.3 is 0 Å². The molecule has 0 spiro atoms. The number of likely N-dealkylation sites (tertiary alicyclic amines) is 1. The van der Waals surface area contributed by atoms with Crippen molar-refractivity contribution in [2.75, 3.05) is 25.9 Å². The zero-order valence-electron chi connectivity index (χ0n) is 9.82. The van der Waals surface area contributed by atoms with E-state index in [1.54, 1.807) is 0 Å². The number of aryl methyl sites for hydroxylation is 2. The number of hydrogen-bond donors (Lipinski definition) is 1. The van der Waals surface area contributed by atoms with Crippen molar-refractivity contribution in [1.82, 2.24) is 14.7 Å². The zero-order valence-corrected chi connectivity index (χ0v) is 9.82. The minimum atomic E-state index is 0.590. The summed E-state index contributed by atoms with van der Waals surface area (Å²) in [6.07, 6.45) is 2.39. The largest absolute Gasteiger partial charge is 0.396 e. The van der Waals surface area contributed by atoms with Gasteiger partial charge in [-0.25, -0.2) is 0 Å². The van der Waals surface area contributed by atoms with Crippen LogP contribution in [0.3, 0.4) is 0 Å². The van der Waals surface area contributed by atoms with Crippen LogP contribution in [0.25, 0.3) is 0 Å². The lowest BCUT2D eigenvalue weighted by Crippen LogP contribution is -2.30. The molecule has 2 N–H and O–H groups in total. The Balaban J connectivity index is 2.22. The third-order valence-corrected chi connectivity index (χ3v) is 3.42. The summed E-state index contributed by atoms with van der Waals surface area (Å²) < 4.78 is 1.96. The Morgan fingerprint density at radius 2 is 1.87 bits per heavy atom. The fourth-order valence-electron chi connectivity index (χ4n) is 2.46. The first-order valence-electron chi connectivity index (χ1n) is 5.57. The van der Waals surface area contributed by atoms with Crippen molar-refractivity contribution in [3.8, 4) is 0 Å². The number of aromatic nitrogens is 2. The quantitative estimate of drug-likeness (QED) is 0.752. The van der Waals surface area contributed by atoms with Gasteiger partial charge in [0.25, 0.3) is 0 Å². The highest BCUT2D eigenvalue weighted by Gasteiger charge is 2.24. The van der Waals surface area contributed by atoms with Crippen LogP contribution in [0.5, 0.6) is 0 Å². The van der Waals surface area contributed by atoms with Crippen LogP contribution in [0.2, 0.25) is 0 Å². The second kappa shape index (κ2) is 3.85. The molecule has 4 heteroatoms. The number of nitrogen functional groups attached to an aromatic ring is 1. The van der Waals surface area contributed by atoms with Crippen LogP contribution >= 0.6 is 0 Å². The first kappa shape index (κ1) is 10.5. The maximum atomic E-state index is 6.07. The number of nitrogens with two attached hydrogens (primary N) is 1. The topological polar surface area (TPSA) is 47.1 Å². The summed E-state index contributed by atoms with van der Waals surface area (Å²) in [6.45, 7) is 4.30. The van der Waals surface area contributed by atoms with Crippen LogP contribution in [0.4, 0.5) is 5.69 Å². The van der Waals surface area contributed by atoms with Gasteiger partial charge < -0.3 is 10.6 Å². The van der Waals surface area contributed by atoms with E-state index in [2.05, 4.69) is 17.0 Å². The van der Waals surface area contributed by atoms with Gasteiger partial charge in [0, 0.05) is 13.0 Å². The Labute approximate surface area is 91.1 Å². The average molecular weight is 208 g/mol. The number of anilines is 1. The van der Waals surface area contributed by atoms with Gasteiger partial charge in [0.05, 0.1) is 17.1 Å². The van der Waals surface area contributed by atoms with Crippen LogP contribution in [0.15, 0.2) is 0 Å². The summed E-state index contributed by atoms with van der Waals surface area (Å²) in [6, 6.07) is 0. The summed E-state index contributed by atoms with van der Waals surface area (Å²) in [5.41, 5.74) is 9.17. The highest BCUT2D eigenvalue weighted by Crippen LogP contribution is 2.32. The van der Waals surface area contributed by atoms with Crippen LogP contribution in [0.1, 0.15) is 30.1 Å². The van der Waals surface area contributed by atoms with Gasteiger partial charge in [0.2, 0.25) is 0 Å². The van der Waals surface area contributed by atoms with Crippen molar-refractivity contribution < 1.29 is 0 Å². The SMILES string of the molecule is Cc1nn(C)c(C2CCN(C)CC2)c1N. The predicted molar refractivity (Wildman–Crippen MR) is 61.8 cm³/mol. The van der Waals surface area contributed by atoms with Crippen molar-refractivity contribution in [3.63, 3.8) is 0 Å². The van der Waals surface area contributed by atoms with Crippen molar-refractivity contribution in [2.24, 2.45) is 7.05 Å². The molecule has 1 aliphatic heterocycles. The molecule has 1 fully saturated rings. The summed E-state index contributed by atoms with van der Waals surface area (Å²) in [7, 11) is 4.17. The monoisotopic (exact) mass is 208 g/mol. The van der Waals surface area contributed by atoms with Crippen LogP contribution in [-0.4, -0.2) is 34.8 Å². The lowest BCUT2D eigenvalue weighted by Gasteiger charge is -2.29. The van der Waals surface area contributed by atoms with Gasteiger partial charge in [-0.2, -0.15) is 5.10 Å². The lowest BCUT2D eigenvalue weighted by molar-refractivity contribution is 0.251. The van der Waals surface area contributed by atoms with Gasteiger partial charge in [-0.05, 0) is 39.9 Å². The summed E-state index contributed by atoms with van der Waals surface area (Å²) in [5, 5.41) is 4.38. The summed E-state index contributed by atoms with van der Waals surface area (Å²) in [5.74, 6) is 0.590. The lowest BCUT2D eigenvalue weighted by atomic mass is 9.92. The molecular weight excluding hydrogens is 188 g/mol. The average Bonchev–Trinajstić information content (AvgIpc) is 2.44. The van der Waals surface area contributed by atoms with Crippen LogP contribution in [-0.2, 0) is 7.05 Å². The zero-order chi connectivity index (χ0) is 11.0. The molecule has 2 heterocycles. The summed E-state index contributed by atoms with van der Waals surface area (Å²) in [4.78, 5) is 2.37. The third kappa shape index (κ3) is 1.86. The molecule has 0 aliphatic carbocycles. The van der Waals surface area contributed by atoms with Crippen molar-refractivity contribution in [3.05, 3.63) is 11.4 Å². The number of piperidine rings is 1. The second-order valence-electron chi connectivity index (χ2n) is 4.59. The van der Waals surface area contributed by atoms with Gasteiger partial charge in [-0.3, -0.25) is 4.68 Å². The van der Waals surface area contributed by atoms with E-state index in [1.165, 1.54) is 18.5 Å². The molecule has 0 atom stereocenters.